The number of amides is 2. The molecule has 1 N–H and O–H groups in total. The number of hydrogen-bond acceptors (Lipinski definition) is 3. The van der Waals surface area contributed by atoms with Crippen LogP contribution in [0.4, 0.5) is 5.69 Å². The Morgan fingerprint density at radius 2 is 1.78 bits per heavy atom. The molecule has 1 aliphatic rings. The molecule has 124 valence electrons. The summed E-state index contributed by atoms with van der Waals surface area (Å²) >= 11 is 12.2. The molecule has 1 saturated heterocycles. The first-order chi connectivity index (χ1) is 10.9. The van der Waals surface area contributed by atoms with Gasteiger partial charge < -0.3 is 15.1 Å². The maximum Gasteiger partial charge on any atom is 0.246 e. The molecule has 1 aliphatic heterocycles. The molecule has 0 saturated carbocycles. The lowest BCUT2D eigenvalue weighted by Crippen LogP contribution is -2.51. The van der Waals surface area contributed by atoms with Crippen LogP contribution in [0.15, 0.2) is 24.8 Å². The molecule has 0 radical (unpaired) electrons. The molecular weight excluding hydrogens is 337 g/mol. The molecule has 1 aromatic carbocycles. The van der Waals surface area contributed by atoms with Crippen LogP contribution in [0.25, 0.3) is 0 Å². The van der Waals surface area contributed by atoms with Gasteiger partial charge in [-0.25, -0.2) is 0 Å². The highest BCUT2D eigenvalue weighted by atomic mass is 35.5. The maximum absolute atomic E-state index is 12.2. The van der Waals surface area contributed by atoms with Crippen molar-refractivity contribution in [3.63, 3.8) is 0 Å². The van der Waals surface area contributed by atoms with Crippen LogP contribution in [0.3, 0.4) is 0 Å². The number of nitrogens with zero attached hydrogens (tertiary/aromatic N) is 2. The van der Waals surface area contributed by atoms with E-state index in [4.69, 9.17) is 23.2 Å². The lowest BCUT2D eigenvalue weighted by molar-refractivity contribution is -0.135. The minimum atomic E-state index is -0.101. The van der Waals surface area contributed by atoms with Crippen molar-refractivity contribution in [1.82, 2.24) is 9.80 Å². The molecule has 0 spiro atoms. The molecular formula is C16H19Cl2N3O2. The third-order valence-corrected chi connectivity index (χ3v) is 4.52. The monoisotopic (exact) mass is 355 g/mol. The molecule has 2 amide bonds. The number of hydrogen-bond donors (Lipinski definition) is 1. The number of anilines is 1. The first-order valence-corrected chi connectivity index (χ1v) is 8.06. The van der Waals surface area contributed by atoms with Gasteiger partial charge in [0.05, 0.1) is 17.3 Å². The summed E-state index contributed by atoms with van der Waals surface area (Å²) in [7, 11) is 0. The van der Waals surface area contributed by atoms with E-state index in [0.29, 0.717) is 41.9 Å². The average molecular weight is 356 g/mol. The summed E-state index contributed by atoms with van der Waals surface area (Å²) in [5.41, 5.74) is 1.52. The van der Waals surface area contributed by atoms with E-state index in [1.807, 2.05) is 6.92 Å². The van der Waals surface area contributed by atoms with Crippen LogP contribution in [0.1, 0.15) is 5.56 Å². The van der Waals surface area contributed by atoms with Crippen LogP contribution in [0.5, 0.6) is 0 Å². The fourth-order valence-corrected chi connectivity index (χ4v) is 2.82. The van der Waals surface area contributed by atoms with Gasteiger partial charge >= 0.3 is 0 Å². The Labute approximate surface area is 145 Å². The second kappa shape index (κ2) is 7.70. The smallest absolute Gasteiger partial charge is 0.246 e. The van der Waals surface area contributed by atoms with Gasteiger partial charge in [-0.15, -0.1) is 0 Å². The van der Waals surface area contributed by atoms with Crippen molar-refractivity contribution in [2.24, 2.45) is 0 Å². The van der Waals surface area contributed by atoms with Gasteiger partial charge in [-0.2, -0.15) is 0 Å². The normalized spacial score (nSPS) is 14.6. The van der Waals surface area contributed by atoms with Gasteiger partial charge in [0.15, 0.2) is 0 Å². The summed E-state index contributed by atoms with van der Waals surface area (Å²) < 4.78 is 0. The van der Waals surface area contributed by atoms with E-state index in [2.05, 4.69) is 11.9 Å². The molecule has 2 rings (SSSR count). The molecule has 7 heteroatoms. The molecule has 1 aromatic rings. The van der Waals surface area contributed by atoms with Crippen LogP contribution in [0, 0.1) is 6.92 Å². The zero-order valence-electron chi connectivity index (χ0n) is 12.9. The van der Waals surface area contributed by atoms with Gasteiger partial charge in [0.25, 0.3) is 0 Å². The van der Waals surface area contributed by atoms with E-state index < -0.39 is 0 Å². The summed E-state index contributed by atoms with van der Waals surface area (Å²) in [5, 5.41) is 4.15. The van der Waals surface area contributed by atoms with Gasteiger partial charge in [0, 0.05) is 31.2 Å². The Bertz CT molecular complexity index is 626. The number of rotatable bonds is 4. The quantitative estimate of drug-likeness (QED) is 0.844. The molecule has 0 bridgehead atoms. The Morgan fingerprint density at radius 1 is 1.17 bits per heavy atom. The fraction of sp³-hybridized carbons (Fsp3) is 0.375. The van der Waals surface area contributed by atoms with E-state index in [1.165, 1.54) is 6.08 Å². The molecule has 1 fully saturated rings. The average Bonchev–Trinajstić information content (AvgIpc) is 2.56. The zero-order chi connectivity index (χ0) is 17.0. The van der Waals surface area contributed by atoms with Crippen molar-refractivity contribution in [1.29, 1.82) is 0 Å². The number of halogens is 2. The second-order valence-electron chi connectivity index (χ2n) is 5.34. The highest BCUT2D eigenvalue weighted by molar-refractivity contribution is 6.35. The van der Waals surface area contributed by atoms with Gasteiger partial charge in [0.2, 0.25) is 11.8 Å². The molecule has 1 heterocycles. The topological polar surface area (TPSA) is 52.7 Å². The summed E-state index contributed by atoms with van der Waals surface area (Å²) in [6.07, 6.45) is 1.29. The number of carbonyl (C=O) groups excluding carboxylic acids is 2. The Kier molecular flexibility index (Phi) is 5.91. The van der Waals surface area contributed by atoms with Crippen molar-refractivity contribution >= 4 is 40.7 Å². The lowest BCUT2D eigenvalue weighted by Gasteiger charge is -2.34. The predicted octanol–water partition coefficient (Wildman–Crippen LogP) is 2.57. The van der Waals surface area contributed by atoms with E-state index in [1.54, 1.807) is 21.9 Å². The first kappa shape index (κ1) is 17.6. The third-order valence-electron chi connectivity index (χ3n) is 3.80. The first-order valence-electron chi connectivity index (χ1n) is 7.31. The maximum atomic E-state index is 12.2. The van der Waals surface area contributed by atoms with Crippen molar-refractivity contribution in [3.8, 4) is 0 Å². The van der Waals surface area contributed by atoms with Crippen LogP contribution in [-0.2, 0) is 9.59 Å². The Balaban J connectivity index is 1.88. The lowest BCUT2D eigenvalue weighted by atomic mass is 10.2. The molecule has 0 aromatic heterocycles. The standard InChI is InChI=1S/C16H19Cl2N3O2/c1-3-15(22)20-4-6-21(7-5-20)16(23)10-19-14-9-12(17)11(2)8-13(14)18/h3,8-9,19H,1,4-7,10H2,2H3. The summed E-state index contributed by atoms with van der Waals surface area (Å²) in [6.45, 7) is 7.55. The number of carbonyl (C=O) groups is 2. The summed E-state index contributed by atoms with van der Waals surface area (Å²) in [4.78, 5) is 27.2. The second-order valence-corrected chi connectivity index (χ2v) is 6.16. The van der Waals surface area contributed by atoms with Gasteiger partial charge in [0.1, 0.15) is 0 Å². The fourth-order valence-electron chi connectivity index (χ4n) is 2.37. The predicted molar refractivity (Wildman–Crippen MR) is 93.0 cm³/mol. The van der Waals surface area contributed by atoms with E-state index >= 15 is 0 Å². The number of nitrogens with one attached hydrogen (secondary N) is 1. The number of piperazine rings is 1. The SMILES string of the molecule is C=CC(=O)N1CCN(C(=O)CNc2cc(Cl)c(C)cc2Cl)CC1. The Morgan fingerprint density at radius 3 is 2.39 bits per heavy atom. The molecule has 0 aliphatic carbocycles. The van der Waals surface area contributed by atoms with Gasteiger partial charge in [-0.3, -0.25) is 9.59 Å². The molecule has 23 heavy (non-hydrogen) atoms. The van der Waals surface area contributed by atoms with Gasteiger partial charge in [-0.1, -0.05) is 29.8 Å². The van der Waals surface area contributed by atoms with Crippen LogP contribution in [-0.4, -0.2) is 54.3 Å². The van der Waals surface area contributed by atoms with Crippen LogP contribution >= 0.6 is 23.2 Å². The minimum Gasteiger partial charge on any atom is -0.375 e. The van der Waals surface area contributed by atoms with Gasteiger partial charge in [-0.05, 0) is 30.7 Å². The zero-order valence-corrected chi connectivity index (χ0v) is 14.5. The number of benzene rings is 1. The Hall–Kier alpha value is -1.72. The van der Waals surface area contributed by atoms with Crippen molar-refractivity contribution in [3.05, 3.63) is 40.4 Å². The molecule has 0 atom stereocenters. The van der Waals surface area contributed by atoms with E-state index in [9.17, 15) is 9.59 Å². The molecule has 5 nitrogen and oxygen atoms in total. The third kappa shape index (κ3) is 4.39. The largest absolute Gasteiger partial charge is 0.375 e. The van der Waals surface area contributed by atoms with Crippen molar-refractivity contribution in [2.45, 2.75) is 6.92 Å². The van der Waals surface area contributed by atoms with Crippen molar-refractivity contribution in [2.75, 3.05) is 38.0 Å². The molecule has 0 unspecified atom stereocenters. The van der Waals surface area contributed by atoms with E-state index in [-0.39, 0.29) is 18.4 Å². The summed E-state index contributed by atoms with van der Waals surface area (Å²) in [5.74, 6) is -0.139. The minimum absolute atomic E-state index is 0.0385. The van der Waals surface area contributed by atoms with Crippen LogP contribution < -0.4 is 5.32 Å². The van der Waals surface area contributed by atoms with Crippen molar-refractivity contribution < 1.29 is 9.59 Å². The number of aryl methyl sites for hydroxylation is 1. The summed E-state index contributed by atoms with van der Waals surface area (Å²) in [6, 6.07) is 3.48. The highest BCUT2D eigenvalue weighted by Gasteiger charge is 2.22. The van der Waals surface area contributed by atoms with E-state index in [0.717, 1.165) is 5.56 Å². The highest BCUT2D eigenvalue weighted by Crippen LogP contribution is 2.28. The van der Waals surface area contributed by atoms with Crippen LogP contribution in [0.2, 0.25) is 10.0 Å².